The monoisotopic (exact) mass is 595 g/mol. The summed E-state index contributed by atoms with van der Waals surface area (Å²) in [4.78, 5) is 16.2. The van der Waals surface area contributed by atoms with Crippen LogP contribution < -0.4 is 0 Å². The highest BCUT2D eigenvalue weighted by molar-refractivity contribution is 7.99. The molecule has 4 rings (SSSR count). The number of carboxylic acid groups (broad SMARTS) is 1. The molecule has 4 nitrogen and oxygen atoms in total. The number of rotatable bonds is 13. The molecule has 0 unspecified atom stereocenters. The Kier molecular flexibility index (Phi) is 10.5. The van der Waals surface area contributed by atoms with Crippen LogP contribution in [0.15, 0.2) is 72.8 Å². The van der Waals surface area contributed by atoms with E-state index >= 15 is 0 Å². The summed E-state index contributed by atoms with van der Waals surface area (Å²) < 4.78 is 0. The second-order valence-corrected chi connectivity index (χ2v) is 13.0. The summed E-state index contributed by atoms with van der Waals surface area (Å²) >= 11 is 14.2. The summed E-state index contributed by atoms with van der Waals surface area (Å²) in [6, 6.07) is 24.2. The fourth-order valence-electron chi connectivity index (χ4n) is 4.74. The maximum atomic E-state index is 11.4. The average Bonchev–Trinajstić information content (AvgIpc) is 2.89. The number of hydrogen-bond donors (Lipinski definition) is 2. The molecule has 0 bridgehead atoms. The van der Waals surface area contributed by atoms with E-state index in [-0.39, 0.29) is 11.7 Å². The highest BCUT2D eigenvalue weighted by atomic mass is 35.5. The number of benzene rings is 3. The third-order valence-corrected chi connectivity index (χ3v) is 8.74. The zero-order valence-corrected chi connectivity index (χ0v) is 25.2. The fourth-order valence-corrected chi connectivity index (χ4v) is 6.63. The van der Waals surface area contributed by atoms with Gasteiger partial charge in [-0.15, -0.1) is 0 Å². The molecule has 1 aromatic heterocycles. The van der Waals surface area contributed by atoms with Gasteiger partial charge in [-0.2, -0.15) is 11.8 Å². The number of fused-ring (bicyclic) bond motifs is 1. The number of hydrogen-bond acceptors (Lipinski definition) is 4. The topological polar surface area (TPSA) is 70.4 Å². The average molecular weight is 597 g/mol. The van der Waals surface area contributed by atoms with Crippen molar-refractivity contribution in [2.75, 3.05) is 5.75 Å². The van der Waals surface area contributed by atoms with E-state index < -0.39 is 11.6 Å². The summed E-state index contributed by atoms with van der Waals surface area (Å²) in [5.41, 5.74) is 5.48. The van der Waals surface area contributed by atoms with Gasteiger partial charge in [0.15, 0.2) is 0 Å². The second kappa shape index (κ2) is 13.9. The van der Waals surface area contributed by atoms with Crippen molar-refractivity contribution in [3.63, 3.8) is 0 Å². The highest BCUT2D eigenvalue weighted by Gasteiger charge is 2.18. The molecule has 210 valence electrons. The first-order valence-corrected chi connectivity index (χ1v) is 15.3. The molecular weight excluding hydrogens is 561 g/mol. The van der Waals surface area contributed by atoms with Crippen LogP contribution >= 0.6 is 35.0 Å². The maximum Gasteiger partial charge on any atom is 0.307 e. The molecule has 0 aliphatic carbocycles. The first-order valence-electron chi connectivity index (χ1n) is 13.5. The van der Waals surface area contributed by atoms with Gasteiger partial charge < -0.3 is 10.2 Å². The predicted octanol–water partition coefficient (Wildman–Crippen LogP) is 8.52. The molecule has 0 saturated carbocycles. The van der Waals surface area contributed by atoms with Gasteiger partial charge in [0.2, 0.25) is 0 Å². The molecule has 0 spiro atoms. The van der Waals surface area contributed by atoms with Crippen molar-refractivity contribution in [2.45, 2.75) is 63.2 Å². The van der Waals surface area contributed by atoms with E-state index in [1.165, 1.54) is 11.1 Å². The van der Waals surface area contributed by atoms with Crippen molar-refractivity contribution in [1.82, 2.24) is 4.98 Å². The van der Waals surface area contributed by atoms with Gasteiger partial charge in [0.25, 0.3) is 0 Å². The van der Waals surface area contributed by atoms with Crippen LogP contribution in [0.2, 0.25) is 10.0 Å². The van der Waals surface area contributed by atoms with Crippen LogP contribution in [0.25, 0.3) is 10.9 Å². The van der Waals surface area contributed by atoms with E-state index in [4.69, 9.17) is 28.2 Å². The normalized spacial score (nSPS) is 12.5. The van der Waals surface area contributed by atoms with Gasteiger partial charge in [-0.05, 0) is 104 Å². The minimum absolute atomic E-state index is 0.0447. The number of nitrogens with zero attached hydrogens (tertiary/aromatic N) is 1. The van der Waals surface area contributed by atoms with E-state index in [9.17, 15) is 15.0 Å². The van der Waals surface area contributed by atoms with Crippen LogP contribution in [-0.2, 0) is 30.5 Å². The molecule has 1 heterocycles. The number of aromatic nitrogens is 1. The lowest BCUT2D eigenvalue weighted by Crippen LogP contribution is -2.19. The molecule has 40 heavy (non-hydrogen) atoms. The lowest BCUT2D eigenvalue weighted by molar-refractivity contribution is -0.136. The lowest BCUT2D eigenvalue weighted by atomic mass is 9.96. The van der Waals surface area contributed by atoms with Crippen molar-refractivity contribution in [3.05, 3.63) is 111 Å². The molecule has 0 amide bonds. The molecule has 1 atom stereocenters. The van der Waals surface area contributed by atoms with Crippen LogP contribution in [0.1, 0.15) is 59.9 Å². The molecule has 2 N–H and O–H groups in total. The number of halogens is 2. The van der Waals surface area contributed by atoms with Gasteiger partial charge in [-0.1, -0.05) is 65.7 Å². The maximum absolute atomic E-state index is 11.4. The van der Waals surface area contributed by atoms with Gasteiger partial charge in [-0.25, -0.2) is 0 Å². The SMILES string of the molecule is CC(C)(O)CCS[C@@H](CCc1ccc(Cl)cc1CC(=O)O)c1cccc(CCc2ccc3ccc(Cl)cc3n2)c1. The van der Waals surface area contributed by atoms with E-state index in [0.717, 1.165) is 59.2 Å². The summed E-state index contributed by atoms with van der Waals surface area (Å²) in [6.45, 7) is 3.67. The van der Waals surface area contributed by atoms with Crippen molar-refractivity contribution in [2.24, 2.45) is 0 Å². The van der Waals surface area contributed by atoms with Crippen LogP contribution in [0.3, 0.4) is 0 Å². The first kappa shape index (κ1) is 30.4. The molecular formula is C33H35Cl2NO3S. The fraction of sp³-hybridized carbons (Fsp3) is 0.333. The summed E-state index contributed by atoms with van der Waals surface area (Å²) in [7, 11) is 0. The summed E-state index contributed by atoms with van der Waals surface area (Å²) in [5.74, 6) is -0.0405. The highest BCUT2D eigenvalue weighted by Crippen LogP contribution is 2.36. The Balaban J connectivity index is 1.49. The Morgan fingerprint density at radius 1 is 0.925 bits per heavy atom. The third-order valence-electron chi connectivity index (χ3n) is 6.92. The molecule has 3 aromatic carbocycles. The number of aryl methyl sites for hydroxylation is 3. The van der Waals surface area contributed by atoms with E-state index in [1.807, 2.05) is 55.9 Å². The van der Waals surface area contributed by atoms with Crippen molar-refractivity contribution >= 4 is 51.8 Å². The molecule has 0 fully saturated rings. The number of carbonyl (C=O) groups is 1. The molecule has 0 saturated heterocycles. The molecule has 0 aliphatic heterocycles. The standard InChI is InChI=1S/C33H35Cl2NO3S/c1-33(2,39)16-17-40-31(15-10-23-7-11-27(34)19-26(23)20-32(37)38)25-5-3-4-22(18-25)6-13-29-14-9-24-8-12-28(35)21-30(24)36-29/h3-5,7-9,11-12,14,18-19,21,31,39H,6,10,13,15-17,20H2,1-2H3,(H,37,38)/t31-/m0/s1. The lowest BCUT2D eigenvalue weighted by Gasteiger charge is -2.22. The van der Waals surface area contributed by atoms with Gasteiger partial charge in [0.05, 0.1) is 17.5 Å². The number of aliphatic carboxylic acids is 1. The molecule has 0 aliphatic rings. The van der Waals surface area contributed by atoms with Crippen molar-refractivity contribution in [3.8, 4) is 0 Å². The van der Waals surface area contributed by atoms with Gasteiger partial charge in [-0.3, -0.25) is 9.78 Å². The predicted molar refractivity (Wildman–Crippen MR) is 168 cm³/mol. The Morgan fingerprint density at radius 2 is 1.68 bits per heavy atom. The van der Waals surface area contributed by atoms with Crippen LogP contribution in [-0.4, -0.2) is 32.5 Å². The third kappa shape index (κ3) is 9.24. The van der Waals surface area contributed by atoms with E-state index in [0.29, 0.717) is 16.5 Å². The number of thioether (sulfide) groups is 1. The number of aliphatic hydroxyl groups is 1. The zero-order valence-electron chi connectivity index (χ0n) is 22.9. The van der Waals surface area contributed by atoms with E-state index in [2.05, 4.69) is 36.4 Å². The largest absolute Gasteiger partial charge is 0.481 e. The van der Waals surface area contributed by atoms with Crippen LogP contribution in [0.5, 0.6) is 0 Å². The Morgan fingerprint density at radius 3 is 2.45 bits per heavy atom. The van der Waals surface area contributed by atoms with Gasteiger partial charge in [0, 0.05) is 26.4 Å². The molecule has 7 heteroatoms. The van der Waals surface area contributed by atoms with Crippen LogP contribution in [0.4, 0.5) is 0 Å². The zero-order chi connectivity index (χ0) is 28.7. The minimum Gasteiger partial charge on any atom is -0.481 e. The summed E-state index contributed by atoms with van der Waals surface area (Å²) in [5, 5.41) is 22.2. The van der Waals surface area contributed by atoms with Crippen molar-refractivity contribution < 1.29 is 15.0 Å². The smallest absolute Gasteiger partial charge is 0.307 e. The Labute approximate surface area is 250 Å². The summed E-state index contributed by atoms with van der Waals surface area (Å²) in [6.07, 6.45) is 3.93. The molecule has 0 radical (unpaired) electrons. The minimum atomic E-state index is -0.865. The second-order valence-electron chi connectivity index (χ2n) is 10.8. The van der Waals surface area contributed by atoms with Crippen molar-refractivity contribution in [1.29, 1.82) is 0 Å². The van der Waals surface area contributed by atoms with Gasteiger partial charge in [0.1, 0.15) is 0 Å². The number of pyridine rings is 1. The first-order chi connectivity index (χ1) is 19.1. The molecule has 4 aromatic rings. The Bertz CT molecular complexity index is 1470. The number of carboxylic acids is 1. The van der Waals surface area contributed by atoms with Gasteiger partial charge >= 0.3 is 5.97 Å². The van der Waals surface area contributed by atoms with E-state index in [1.54, 1.807) is 6.07 Å². The quantitative estimate of drug-likeness (QED) is 0.162. The van der Waals surface area contributed by atoms with Crippen LogP contribution in [0, 0.1) is 0 Å². The Hall–Kier alpha value is -2.57.